The third-order valence-corrected chi connectivity index (χ3v) is 7.89. The predicted octanol–water partition coefficient (Wildman–Crippen LogP) is 8.78. The molecule has 0 N–H and O–H groups in total. The molecule has 0 saturated heterocycles. The molecule has 0 radical (unpaired) electrons. The highest BCUT2D eigenvalue weighted by atomic mass is 32.1. The molecule has 7 rings (SSSR count). The minimum absolute atomic E-state index is 0.599. The van der Waals surface area contributed by atoms with E-state index in [-0.39, 0.29) is 0 Å². The van der Waals surface area contributed by atoms with Crippen molar-refractivity contribution in [2.24, 2.45) is 0 Å². The van der Waals surface area contributed by atoms with Crippen molar-refractivity contribution < 1.29 is 0 Å². The first-order valence-corrected chi connectivity index (χ1v) is 13.4. The molecule has 0 saturated carbocycles. The van der Waals surface area contributed by atoms with Gasteiger partial charge in [-0.15, -0.1) is 11.3 Å². The van der Waals surface area contributed by atoms with Gasteiger partial charge in [0.15, 0.2) is 5.82 Å². The lowest BCUT2D eigenvalue weighted by Gasteiger charge is -2.10. The summed E-state index contributed by atoms with van der Waals surface area (Å²) in [4.78, 5) is 14.9. The van der Waals surface area contributed by atoms with Gasteiger partial charge in [0, 0.05) is 27.6 Å². The topological polar surface area (TPSA) is 62.5 Å². The summed E-state index contributed by atoms with van der Waals surface area (Å²) >= 11 is 1.71. The fraction of sp³-hybridized carbons (Fsp3) is 0. The highest BCUT2D eigenvalue weighted by Gasteiger charge is 2.14. The van der Waals surface area contributed by atoms with E-state index in [1.807, 2.05) is 72.8 Å². The third kappa shape index (κ3) is 4.33. The lowest BCUT2D eigenvalue weighted by atomic mass is 10.0. The Morgan fingerprint density at radius 1 is 0.564 bits per heavy atom. The largest absolute Gasteiger partial charge is 0.236 e. The van der Waals surface area contributed by atoms with Crippen molar-refractivity contribution in [2.75, 3.05) is 0 Å². The van der Waals surface area contributed by atoms with Gasteiger partial charge in [0.1, 0.15) is 5.01 Å². The van der Waals surface area contributed by atoms with Crippen LogP contribution < -0.4 is 0 Å². The van der Waals surface area contributed by atoms with E-state index in [2.05, 4.69) is 48.5 Å². The van der Waals surface area contributed by atoms with Crippen LogP contribution in [0, 0.1) is 11.3 Å². The van der Waals surface area contributed by atoms with E-state index in [9.17, 15) is 5.26 Å². The average molecular weight is 517 g/mol. The summed E-state index contributed by atoms with van der Waals surface area (Å²) in [6, 6.07) is 42.7. The Kier molecular flexibility index (Phi) is 5.66. The van der Waals surface area contributed by atoms with Crippen LogP contribution in [0.4, 0.5) is 0 Å². The van der Waals surface area contributed by atoms with Crippen LogP contribution in [0.3, 0.4) is 0 Å². The predicted molar refractivity (Wildman–Crippen MR) is 159 cm³/mol. The van der Waals surface area contributed by atoms with Gasteiger partial charge in [-0.3, -0.25) is 0 Å². The fourth-order valence-electron chi connectivity index (χ4n) is 4.78. The second-order valence-electron chi connectivity index (χ2n) is 9.26. The zero-order valence-electron chi connectivity index (χ0n) is 20.7. The van der Waals surface area contributed by atoms with Crippen molar-refractivity contribution in [3.63, 3.8) is 0 Å². The van der Waals surface area contributed by atoms with Gasteiger partial charge in [0.25, 0.3) is 0 Å². The zero-order chi connectivity index (χ0) is 26.2. The lowest BCUT2D eigenvalue weighted by molar-refractivity contribution is 1.18. The van der Waals surface area contributed by atoms with Crippen LogP contribution in [-0.2, 0) is 0 Å². The number of hydrogen-bond donors (Lipinski definition) is 0. The van der Waals surface area contributed by atoms with Crippen molar-refractivity contribution in [1.29, 1.82) is 5.26 Å². The average Bonchev–Trinajstić information content (AvgIpc) is 3.47. The smallest absolute Gasteiger partial charge is 0.160 e. The molecule has 39 heavy (non-hydrogen) atoms. The standard InChI is InChI=1S/C34H20N4S/c35-21-22-8-7-13-26(18-22)31-20-30(24-9-3-1-4-10-24)36-33(37-31)27-15-14-23-16-17-29-32(28(23)19-27)39-34(38-29)25-11-5-2-6-12-25/h1-20H. The summed E-state index contributed by atoms with van der Waals surface area (Å²) in [6.07, 6.45) is 0. The summed E-state index contributed by atoms with van der Waals surface area (Å²) in [5.74, 6) is 0.639. The number of thiazole rings is 1. The summed E-state index contributed by atoms with van der Waals surface area (Å²) in [7, 11) is 0. The van der Waals surface area contributed by atoms with E-state index in [4.69, 9.17) is 15.0 Å². The number of rotatable bonds is 4. The van der Waals surface area contributed by atoms with E-state index in [1.165, 1.54) is 0 Å². The molecule has 4 nitrogen and oxygen atoms in total. The van der Waals surface area contributed by atoms with Crippen LogP contribution in [0.2, 0.25) is 0 Å². The molecule has 0 aliphatic heterocycles. The summed E-state index contributed by atoms with van der Waals surface area (Å²) < 4.78 is 1.15. The Labute approximate surface area is 229 Å². The molecule has 0 aliphatic carbocycles. The highest BCUT2D eigenvalue weighted by molar-refractivity contribution is 7.22. The quantitative estimate of drug-likeness (QED) is 0.235. The van der Waals surface area contributed by atoms with E-state index >= 15 is 0 Å². The Morgan fingerprint density at radius 3 is 2.03 bits per heavy atom. The Balaban J connectivity index is 1.42. The molecular formula is C34H20N4S. The lowest BCUT2D eigenvalue weighted by Crippen LogP contribution is -1.96. The van der Waals surface area contributed by atoms with Crippen LogP contribution in [0.5, 0.6) is 0 Å². The van der Waals surface area contributed by atoms with Gasteiger partial charge in [-0.2, -0.15) is 5.26 Å². The van der Waals surface area contributed by atoms with Crippen LogP contribution in [0.25, 0.3) is 65.5 Å². The van der Waals surface area contributed by atoms with E-state index in [0.717, 1.165) is 59.6 Å². The molecule has 0 unspecified atom stereocenters. The van der Waals surface area contributed by atoms with Crippen molar-refractivity contribution in [3.05, 3.63) is 127 Å². The van der Waals surface area contributed by atoms with Gasteiger partial charge in [0.05, 0.1) is 33.2 Å². The molecule has 2 aromatic heterocycles. The van der Waals surface area contributed by atoms with Gasteiger partial charge in [-0.25, -0.2) is 15.0 Å². The number of benzene rings is 5. The second-order valence-corrected chi connectivity index (χ2v) is 10.3. The first kappa shape index (κ1) is 23.0. The maximum absolute atomic E-state index is 9.45. The van der Waals surface area contributed by atoms with E-state index in [1.54, 1.807) is 17.4 Å². The molecule has 0 spiro atoms. The van der Waals surface area contributed by atoms with Crippen LogP contribution in [0.1, 0.15) is 5.56 Å². The normalized spacial score (nSPS) is 11.1. The van der Waals surface area contributed by atoms with Crippen molar-refractivity contribution >= 4 is 32.3 Å². The maximum Gasteiger partial charge on any atom is 0.160 e. The first-order valence-electron chi connectivity index (χ1n) is 12.6. The zero-order valence-corrected chi connectivity index (χ0v) is 21.6. The molecule has 7 aromatic rings. The SMILES string of the molecule is N#Cc1cccc(-c2cc(-c3ccccc3)nc(-c3ccc4ccc5nc(-c6ccccc6)sc5c4c3)n2)c1. The summed E-state index contributed by atoms with van der Waals surface area (Å²) in [5, 5.41) is 12.7. The number of fused-ring (bicyclic) bond motifs is 3. The van der Waals surface area contributed by atoms with E-state index in [0.29, 0.717) is 11.4 Å². The Morgan fingerprint density at radius 2 is 1.26 bits per heavy atom. The van der Waals surface area contributed by atoms with Crippen molar-refractivity contribution in [1.82, 2.24) is 15.0 Å². The van der Waals surface area contributed by atoms with Crippen molar-refractivity contribution in [3.8, 4) is 50.5 Å². The molecule has 5 aromatic carbocycles. The maximum atomic E-state index is 9.45. The molecule has 0 bridgehead atoms. The third-order valence-electron chi connectivity index (χ3n) is 6.73. The summed E-state index contributed by atoms with van der Waals surface area (Å²) in [5.41, 5.74) is 7.13. The molecule has 5 heteroatoms. The van der Waals surface area contributed by atoms with E-state index < -0.39 is 0 Å². The van der Waals surface area contributed by atoms with Gasteiger partial charge in [-0.05, 0) is 35.7 Å². The van der Waals surface area contributed by atoms with Crippen LogP contribution in [0.15, 0.2) is 121 Å². The Hall–Kier alpha value is -5.18. The van der Waals surface area contributed by atoms with Crippen LogP contribution >= 0.6 is 11.3 Å². The second kappa shape index (κ2) is 9.60. The molecule has 0 atom stereocenters. The minimum Gasteiger partial charge on any atom is -0.236 e. The van der Waals surface area contributed by atoms with Gasteiger partial charge >= 0.3 is 0 Å². The van der Waals surface area contributed by atoms with Crippen LogP contribution in [-0.4, -0.2) is 15.0 Å². The summed E-state index contributed by atoms with van der Waals surface area (Å²) in [6.45, 7) is 0. The molecule has 0 fully saturated rings. The van der Waals surface area contributed by atoms with Gasteiger partial charge in [-0.1, -0.05) is 91.0 Å². The molecule has 2 heterocycles. The monoisotopic (exact) mass is 516 g/mol. The van der Waals surface area contributed by atoms with Gasteiger partial charge < -0.3 is 0 Å². The molecular weight excluding hydrogens is 496 g/mol. The number of aromatic nitrogens is 3. The first-order chi connectivity index (χ1) is 19.2. The Bertz CT molecular complexity index is 2020. The minimum atomic E-state index is 0.599. The van der Waals surface area contributed by atoms with Gasteiger partial charge in [0.2, 0.25) is 0 Å². The van der Waals surface area contributed by atoms with Crippen molar-refractivity contribution in [2.45, 2.75) is 0 Å². The fourth-order valence-corrected chi connectivity index (χ4v) is 5.87. The molecule has 0 aliphatic rings. The number of hydrogen-bond acceptors (Lipinski definition) is 5. The number of nitrogens with zero attached hydrogens (tertiary/aromatic N) is 4. The highest BCUT2D eigenvalue weighted by Crippen LogP contribution is 2.37. The molecule has 182 valence electrons. The number of nitriles is 1. The molecule has 0 amide bonds.